The molecule has 1 atom stereocenters. The smallest absolute Gasteiger partial charge is 0.185 e. The van der Waals surface area contributed by atoms with Crippen LogP contribution in [0.3, 0.4) is 0 Å². The summed E-state index contributed by atoms with van der Waals surface area (Å²) < 4.78 is 0. The van der Waals surface area contributed by atoms with Gasteiger partial charge in [0.25, 0.3) is 0 Å². The van der Waals surface area contributed by atoms with Crippen LogP contribution in [0.5, 0.6) is 0 Å². The summed E-state index contributed by atoms with van der Waals surface area (Å²) in [5.74, 6) is 0.0701. The standard InChI is InChI=1S/C10H22N5/c11-10(12)15-6-3-1-2-5-14-9-4-7-13-8-9/h9,14H,1-8H2,(H4,11,12,15). The molecule has 0 amide bonds. The van der Waals surface area contributed by atoms with Gasteiger partial charge in [-0.15, -0.1) is 0 Å². The number of nitrogens with zero attached hydrogens (tertiary/aromatic N) is 1. The zero-order valence-corrected chi connectivity index (χ0v) is 9.26. The number of nitrogens with one attached hydrogen (secondary N) is 3. The van der Waals surface area contributed by atoms with Crippen LogP contribution in [0.15, 0.2) is 0 Å². The fourth-order valence-corrected chi connectivity index (χ4v) is 1.71. The van der Waals surface area contributed by atoms with E-state index in [4.69, 9.17) is 11.1 Å². The van der Waals surface area contributed by atoms with Crippen molar-refractivity contribution < 1.29 is 0 Å². The van der Waals surface area contributed by atoms with Gasteiger partial charge in [-0.2, -0.15) is 0 Å². The highest BCUT2D eigenvalue weighted by Crippen LogP contribution is 1.99. The van der Waals surface area contributed by atoms with E-state index in [0.717, 1.165) is 32.6 Å². The Morgan fingerprint density at radius 1 is 1.33 bits per heavy atom. The molecule has 0 aromatic heterocycles. The number of nitrogens with two attached hydrogens (primary N) is 1. The lowest BCUT2D eigenvalue weighted by Crippen LogP contribution is -2.32. The monoisotopic (exact) mass is 212 g/mol. The fraction of sp³-hybridized carbons (Fsp3) is 0.900. The minimum absolute atomic E-state index is 0.0701. The van der Waals surface area contributed by atoms with Gasteiger partial charge < -0.3 is 16.4 Å². The first kappa shape index (κ1) is 12.3. The molecule has 15 heavy (non-hydrogen) atoms. The molecule has 1 unspecified atom stereocenters. The molecule has 1 radical (unpaired) electrons. The maximum absolute atomic E-state index is 6.97. The first-order valence-corrected chi connectivity index (χ1v) is 5.73. The average molecular weight is 212 g/mol. The molecule has 5 heteroatoms. The van der Waals surface area contributed by atoms with Gasteiger partial charge in [0.15, 0.2) is 5.96 Å². The molecule has 0 saturated carbocycles. The van der Waals surface area contributed by atoms with Gasteiger partial charge in [0, 0.05) is 25.7 Å². The zero-order chi connectivity index (χ0) is 10.9. The molecule has 1 heterocycles. The van der Waals surface area contributed by atoms with Gasteiger partial charge in [-0.05, 0) is 25.8 Å². The molecule has 0 aromatic carbocycles. The number of unbranched alkanes of at least 4 members (excludes halogenated alkanes) is 2. The van der Waals surface area contributed by atoms with Gasteiger partial charge in [0.05, 0.1) is 0 Å². The van der Waals surface area contributed by atoms with E-state index >= 15 is 0 Å². The van der Waals surface area contributed by atoms with Crippen LogP contribution in [0.25, 0.3) is 0 Å². The van der Waals surface area contributed by atoms with E-state index in [1.807, 2.05) is 0 Å². The first-order valence-electron chi connectivity index (χ1n) is 5.73. The number of hydrogen-bond donors (Lipinski definition) is 4. The van der Waals surface area contributed by atoms with Crippen molar-refractivity contribution in [2.75, 3.05) is 26.2 Å². The van der Waals surface area contributed by atoms with Crippen molar-refractivity contribution in [2.45, 2.75) is 31.7 Å². The van der Waals surface area contributed by atoms with Gasteiger partial charge in [0.2, 0.25) is 0 Å². The van der Waals surface area contributed by atoms with Crippen LogP contribution in [0.1, 0.15) is 25.7 Å². The van der Waals surface area contributed by atoms with E-state index in [-0.39, 0.29) is 5.96 Å². The van der Waals surface area contributed by atoms with Gasteiger partial charge in [-0.3, -0.25) is 5.41 Å². The lowest BCUT2D eigenvalue weighted by molar-refractivity contribution is 0.519. The second kappa shape index (κ2) is 7.48. The number of rotatable bonds is 7. The third-order valence-corrected chi connectivity index (χ3v) is 2.59. The minimum Gasteiger partial charge on any atom is -0.370 e. The molecule has 5 N–H and O–H groups in total. The Labute approximate surface area is 91.7 Å². The highest BCUT2D eigenvalue weighted by molar-refractivity contribution is 5.74. The van der Waals surface area contributed by atoms with Crippen molar-refractivity contribution in [3.8, 4) is 0 Å². The maximum Gasteiger partial charge on any atom is 0.185 e. The van der Waals surface area contributed by atoms with Crippen molar-refractivity contribution >= 4 is 5.96 Å². The maximum atomic E-state index is 6.97. The molecule has 0 aliphatic carbocycles. The van der Waals surface area contributed by atoms with E-state index in [2.05, 4.69) is 16.0 Å². The van der Waals surface area contributed by atoms with Gasteiger partial charge in [0.1, 0.15) is 0 Å². The fourth-order valence-electron chi connectivity index (χ4n) is 1.71. The Kier molecular flexibility index (Phi) is 6.11. The van der Waals surface area contributed by atoms with Crippen LogP contribution in [0, 0.1) is 5.41 Å². The molecule has 0 spiro atoms. The van der Waals surface area contributed by atoms with Crippen LogP contribution in [-0.4, -0.2) is 38.2 Å². The van der Waals surface area contributed by atoms with Crippen LogP contribution >= 0.6 is 0 Å². The van der Waals surface area contributed by atoms with Crippen LogP contribution in [-0.2, 0) is 0 Å². The second-order valence-electron chi connectivity index (χ2n) is 3.97. The average Bonchev–Trinajstić information content (AvgIpc) is 2.68. The van der Waals surface area contributed by atoms with E-state index in [9.17, 15) is 0 Å². The lowest BCUT2D eigenvalue weighted by atomic mass is 10.2. The molecular weight excluding hydrogens is 190 g/mol. The Hall–Kier alpha value is -0.810. The second-order valence-corrected chi connectivity index (χ2v) is 3.97. The number of hydrogen-bond acceptors (Lipinski definition) is 2. The summed E-state index contributed by atoms with van der Waals surface area (Å²) in [6.45, 7) is 3.92. The van der Waals surface area contributed by atoms with Crippen molar-refractivity contribution in [1.29, 1.82) is 5.41 Å². The van der Waals surface area contributed by atoms with Gasteiger partial charge >= 0.3 is 0 Å². The summed E-state index contributed by atoms with van der Waals surface area (Å²) >= 11 is 0. The molecule has 1 rings (SSSR count). The molecular formula is C10H22N5. The molecule has 0 bridgehead atoms. The Balaban J connectivity index is 1.78. The first-order chi connectivity index (χ1) is 7.29. The summed E-state index contributed by atoms with van der Waals surface area (Å²) in [6, 6.07) is 0.625. The minimum atomic E-state index is 0.0701. The zero-order valence-electron chi connectivity index (χ0n) is 9.26. The van der Waals surface area contributed by atoms with Crippen LogP contribution < -0.4 is 21.7 Å². The van der Waals surface area contributed by atoms with E-state index in [1.165, 1.54) is 19.3 Å². The third-order valence-electron chi connectivity index (χ3n) is 2.59. The Bertz CT molecular complexity index is 177. The topological polar surface area (TPSA) is 88.0 Å². The van der Waals surface area contributed by atoms with E-state index in [0.29, 0.717) is 6.04 Å². The molecule has 0 aromatic rings. The van der Waals surface area contributed by atoms with Gasteiger partial charge in [-0.1, -0.05) is 6.42 Å². The van der Waals surface area contributed by atoms with Gasteiger partial charge in [-0.25, -0.2) is 5.32 Å². The largest absolute Gasteiger partial charge is 0.370 e. The number of guanidine groups is 1. The van der Waals surface area contributed by atoms with Crippen molar-refractivity contribution in [1.82, 2.24) is 16.0 Å². The SMILES string of the molecule is N=C(N)NCCCCCNC1CC[N]C1. The predicted octanol–water partition coefficient (Wildman–Crippen LogP) is -0.394. The Morgan fingerprint density at radius 2 is 2.13 bits per heavy atom. The van der Waals surface area contributed by atoms with E-state index < -0.39 is 0 Å². The predicted molar refractivity (Wildman–Crippen MR) is 62.0 cm³/mol. The normalized spacial score (nSPS) is 20.4. The van der Waals surface area contributed by atoms with Crippen molar-refractivity contribution in [2.24, 2.45) is 5.73 Å². The highest BCUT2D eigenvalue weighted by Gasteiger charge is 2.13. The molecule has 1 aliphatic rings. The van der Waals surface area contributed by atoms with Crippen molar-refractivity contribution in [3.63, 3.8) is 0 Å². The summed E-state index contributed by atoms with van der Waals surface area (Å²) in [4.78, 5) is 0. The van der Waals surface area contributed by atoms with Crippen LogP contribution in [0.4, 0.5) is 0 Å². The van der Waals surface area contributed by atoms with Crippen molar-refractivity contribution in [3.05, 3.63) is 0 Å². The summed E-state index contributed by atoms with van der Waals surface area (Å²) in [5, 5.41) is 17.6. The molecule has 1 saturated heterocycles. The summed E-state index contributed by atoms with van der Waals surface area (Å²) in [5.41, 5.74) is 5.17. The Morgan fingerprint density at radius 3 is 2.80 bits per heavy atom. The summed E-state index contributed by atoms with van der Waals surface area (Å²) in [7, 11) is 0. The van der Waals surface area contributed by atoms with E-state index in [1.54, 1.807) is 0 Å². The summed E-state index contributed by atoms with van der Waals surface area (Å²) in [6.07, 6.45) is 4.65. The molecule has 1 fully saturated rings. The lowest BCUT2D eigenvalue weighted by Gasteiger charge is -2.10. The quantitative estimate of drug-likeness (QED) is 0.263. The van der Waals surface area contributed by atoms with Crippen LogP contribution in [0.2, 0.25) is 0 Å². The molecule has 5 nitrogen and oxygen atoms in total. The molecule has 87 valence electrons. The highest BCUT2D eigenvalue weighted by atomic mass is 15.0. The molecule has 1 aliphatic heterocycles. The third kappa shape index (κ3) is 6.30.